The van der Waals surface area contributed by atoms with Gasteiger partial charge in [0, 0.05) is 0 Å². The fraction of sp³-hybridized carbons (Fsp3) is 0.750. The molecule has 1 atom stereocenters. The Morgan fingerprint density at radius 1 is 1.54 bits per heavy atom. The van der Waals surface area contributed by atoms with Crippen LogP contribution in [-0.4, -0.2) is 20.6 Å². The third-order valence-corrected chi connectivity index (χ3v) is 3.10. The topological polar surface area (TPSA) is 60.4 Å². The fourth-order valence-corrected chi connectivity index (χ4v) is 2.04. The molecule has 5 heteroatoms. The Morgan fingerprint density at radius 2 is 2.23 bits per heavy atom. The number of carbonyl (C=O) groups is 2. The molecule has 0 N–H and O–H groups in total. The minimum Gasteiger partial charge on any atom is -0.393 e. The minimum absolute atomic E-state index is 0.198. The van der Waals surface area contributed by atoms with Gasteiger partial charge in [-0.3, -0.25) is 9.59 Å². The van der Waals surface area contributed by atoms with Gasteiger partial charge in [-0.1, -0.05) is 0 Å². The van der Waals surface area contributed by atoms with Crippen LogP contribution in [0.25, 0.3) is 0 Å². The Balaban J connectivity index is 2.26. The predicted octanol–water partition coefficient (Wildman–Crippen LogP) is 0.908. The van der Waals surface area contributed by atoms with E-state index < -0.39 is 20.6 Å². The smallest absolute Gasteiger partial charge is 0.317 e. The van der Waals surface area contributed by atoms with E-state index in [9.17, 15) is 14.1 Å². The molecule has 0 spiro atoms. The van der Waals surface area contributed by atoms with E-state index in [0.29, 0.717) is 12.5 Å². The second-order valence-electron chi connectivity index (χ2n) is 3.29. The zero-order valence-electron chi connectivity index (χ0n) is 7.54. The Kier molecular flexibility index (Phi) is 3.47. The molecule has 0 aromatic rings. The van der Waals surface area contributed by atoms with Crippen LogP contribution in [0.4, 0.5) is 0 Å². The van der Waals surface area contributed by atoms with Crippen LogP contribution in [-0.2, 0) is 18.8 Å². The first kappa shape index (κ1) is 10.2. The molecule has 1 aliphatic rings. The molecule has 4 nitrogen and oxygen atoms in total. The minimum atomic E-state index is -1.44. The molecule has 13 heavy (non-hydrogen) atoms. The van der Waals surface area contributed by atoms with E-state index in [1.165, 1.54) is 0 Å². The van der Waals surface area contributed by atoms with E-state index in [-0.39, 0.29) is 12.3 Å². The van der Waals surface area contributed by atoms with Crippen molar-refractivity contribution in [2.45, 2.75) is 31.9 Å². The highest BCUT2D eigenvalue weighted by atomic mass is 28.3. The third kappa shape index (κ3) is 3.18. The summed E-state index contributed by atoms with van der Waals surface area (Å²) < 4.78 is 15.1. The summed E-state index contributed by atoms with van der Waals surface area (Å²) in [5, 5.41) is 0. The number of cyclic esters (lactones) is 2. The van der Waals surface area contributed by atoms with Crippen molar-refractivity contribution >= 4 is 20.6 Å². The first-order chi connectivity index (χ1) is 6.09. The molecule has 0 amide bonds. The maximum Gasteiger partial charge on any atom is 0.317 e. The number of rotatable bonds is 4. The maximum absolute atomic E-state index is 10.9. The van der Waals surface area contributed by atoms with E-state index in [0.717, 1.165) is 6.42 Å². The van der Waals surface area contributed by atoms with Gasteiger partial charge in [-0.05, 0) is 25.4 Å². The van der Waals surface area contributed by atoms with E-state index >= 15 is 0 Å². The zero-order chi connectivity index (χ0) is 9.84. The lowest BCUT2D eigenvalue weighted by Crippen LogP contribution is -2.07. The SMILES string of the molecule is C[Si](=O)CCCC1CC(=O)OC1=O. The summed E-state index contributed by atoms with van der Waals surface area (Å²) in [7, 11) is -1.44. The van der Waals surface area contributed by atoms with Gasteiger partial charge in [0.15, 0.2) is 0 Å². The van der Waals surface area contributed by atoms with Crippen LogP contribution >= 0.6 is 0 Å². The molecular weight excluding hydrogens is 188 g/mol. The molecule has 1 saturated heterocycles. The highest BCUT2D eigenvalue weighted by molar-refractivity contribution is 6.40. The van der Waals surface area contributed by atoms with Crippen LogP contribution < -0.4 is 0 Å². The van der Waals surface area contributed by atoms with Crippen molar-refractivity contribution in [3.8, 4) is 0 Å². The van der Waals surface area contributed by atoms with Crippen LogP contribution in [0.5, 0.6) is 0 Å². The van der Waals surface area contributed by atoms with Crippen LogP contribution in [0, 0.1) is 5.92 Å². The highest BCUT2D eigenvalue weighted by Crippen LogP contribution is 2.21. The average molecular weight is 200 g/mol. The molecule has 0 aromatic carbocycles. The fourth-order valence-electron chi connectivity index (χ4n) is 1.34. The summed E-state index contributed by atoms with van der Waals surface area (Å²) in [6.07, 6.45) is 1.56. The molecule has 1 fully saturated rings. The first-order valence-corrected chi connectivity index (χ1v) is 6.45. The van der Waals surface area contributed by atoms with Gasteiger partial charge < -0.3 is 9.20 Å². The lowest BCUT2D eigenvalue weighted by molar-refractivity contribution is -0.153. The Bertz CT molecular complexity index is 249. The lowest BCUT2D eigenvalue weighted by atomic mass is 10.0. The quantitative estimate of drug-likeness (QED) is 0.384. The number of carbonyl (C=O) groups excluding carboxylic acids is 2. The molecule has 0 bridgehead atoms. The van der Waals surface area contributed by atoms with E-state index in [1.54, 1.807) is 6.55 Å². The van der Waals surface area contributed by atoms with E-state index in [4.69, 9.17) is 0 Å². The van der Waals surface area contributed by atoms with Gasteiger partial charge in [-0.15, -0.1) is 0 Å². The van der Waals surface area contributed by atoms with Crippen LogP contribution in [0.3, 0.4) is 0 Å². The van der Waals surface area contributed by atoms with Crippen molar-refractivity contribution in [1.29, 1.82) is 0 Å². The average Bonchev–Trinajstić information content (AvgIpc) is 2.29. The summed E-state index contributed by atoms with van der Waals surface area (Å²) in [4.78, 5) is 21.6. The standard InChI is InChI=1S/C8H12O4Si/c1-13(11)4-2-3-6-5-7(9)12-8(6)10/h6H,2-5H2,1H3. The van der Waals surface area contributed by atoms with Crippen LogP contribution in [0.15, 0.2) is 0 Å². The van der Waals surface area contributed by atoms with Crippen molar-refractivity contribution in [2.75, 3.05) is 0 Å². The lowest BCUT2D eigenvalue weighted by Gasteiger charge is -2.01. The van der Waals surface area contributed by atoms with Crippen molar-refractivity contribution < 1.29 is 18.8 Å². The Labute approximate surface area is 77.9 Å². The molecule has 0 radical (unpaired) electrons. The molecule has 72 valence electrons. The van der Waals surface area contributed by atoms with Crippen LogP contribution in [0.1, 0.15) is 19.3 Å². The highest BCUT2D eigenvalue weighted by Gasteiger charge is 2.32. The largest absolute Gasteiger partial charge is 0.393 e. The summed E-state index contributed by atoms with van der Waals surface area (Å²) in [6, 6.07) is 0.655. The van der Waals surface area contributed by atoms with Gasteiger partial charge in [0.2, 0.25) is 0 Å². The van der Waals surface area contributed by atoms with Crippen molar-refractivity contribution in [3.63, 3.8) is 0 Å². The van der Waals surface area contributed by atoms with Gasteiger partial charge in [0.05, 0.1) is 12.3 Å². The number of hydrogen-bond acceptors (Lipinski definition) is 4. The molecule has 1 rings (SSSR count). The second kappa shape index (κ2) is 4.41. The number of hydrogen-bond donors (Lipinski definition) is 0. The normalized spacial score (nSPS) is 21.8. The summed E-state index contributed by atoms with van der Waals surface area (Å²) in [5.74, 6) is -1.13. The Hall–Kier alpha value is -0.843. The Morgan fingerprint density at radius 3 is 2.69 bits per heavy atom. The molecule has 0 saturated carbocycles. The van der Waals surface area contributed by atoms with Crippen LogP contribution in [0.2, 0.25) is 12.6 Å². The number of ether oxygens (including phenoxy) is 1. The summed E-state index contributed by atoms with van der Waals surface area (Å²) >= 11 is 0. The predicted molar refractivity (Wildman–Crippen MR) is 45.6 cm³/mol. The second-order valence-corrected chi connectivity index (χ2v) is 5.19. The molecule has 0 aromatic heterocycles. The molecule has 1 heterocycles. The van der Waals surface area contributed by atoms with E-state index in [1.807, 2.05) is 0 Å². The first-order valence-electron chi connectivity index (χ1n) is 4.33. The maximum atomic E-state index is 10.9. The molecule has 0 aliphatic carbocycles. The molecular formula is C8H12O4Si. The van der Waals surface area contributed by atoms with Gasteiger partial charge in [-0.2, -0.15) is 0 Å². The molecule has 1 unspecified atom stereocenters. The monoisotopic (exact) mass is 200 g/mol. The van der Waals surface area contributed by atoms with Crippen molar-refractivity contribution in [2.24, 2.45) is 5.92 Å². The third-order valence-electron chi connectivity index (χ3n) is 2.04. The summed E-state index contributed by atoms with van der Waals surface area (Å²) in [6.45, 7) is 1.70. The van der Waals surface area contributed by atoms with Gasteiger partial charge >= 0.3 is 11.9 Å². The van der Waals surface area contributed by atoms with Crippen molar-refractivity contribution in [1.82, 2.24) is 0 Å². The van der Waals surface area contributed by atoms with Gasteiger partial charge in [-0.25, -0.2) is 0 Å². The molecule has 1 aliphatic heterocycles. The zero-order valence-corrected chi connectivity index (χ0v) is 8.54. The van der Waals surface area contributed by atoms with E-state index in [2.05, 4.69) is 4.74 Å². The van der Waals surface area contributed by atoms with Gasteiger partial charge in [0.25, 0.3) is 8.68 Å². The number of esters is 2. The van der Waals surface area contributed by atoms with Crippen molar-refractivity contribution in [3.05, 3.63) is 0 Å². The van der Waals surface area contributed by atoms with Gasteiger partial charge in [0.1, 0.15) is 0 Å². The summed E-state index contributed by atoms with van der Waals surface area (Å²) in [5.41, 5.74) is 0.